The number of likely N-dealkylation sites (tertiary alicyclic amines) is 1. The third-order valence-electron chi connectivity index (χ3n) is 5.17. The Hall–Kier alpha value is -1.06. The maximum atomic E-state index is 11.7. The zero-order chi connectivity index (χ0) is 20.3. The van der Waals surface area contributed by atoms with Gasteiger partial charge in [0.1, 0.15) is 0 Å². The number of nitrogens with zero attached hydrogens (tertiary/aromatic N) is 1. The van der Waals surface area contributed by atoms with Gasteiger partial charge in [-0.3, -0.25) is 9.59 Å². The molecule has 0 aromatic heterocycles. The van der Waals surface area contributed by atoms with Crippen LogP contribution in [0.4, 0.5) is 0 Å². The van der Waals surface area contributed by atoms with Gasteiger partial charge < -0.3 is 10.2 Å². The van der Waals surface area contributed by atoms with E-state index >= 15 is 0 Å². The highest BCUT2D eigenvalue weighted by Gasteiger charge is 2.33. The van der Waals surface area contributed by atoms with Crippen LogP contribution in [0.25, 0.3) is 0 Å². The lowest BCUT2D eigenvalue weighted by Gasteiger charge is -2.16. The first kappa shape index (κ1) is 25.9. The fourth-order valence-electron chi connectivity index (χ4n) is 3.42. The van der Waals surface area contributed by atoms with Gasteiger partial charge in [0, 0.05) is 26.1 Å². The summed E-state index contributed by atoms with van der Waals surface area (Å²) < 4.78 is 0. The molecule has 160 valence electrons. The first-order chi connectivity index (χ1) is 13.1. The van der Waals surface area contributed by atoms with E-state index in [4.69, 9.17) is 0 Å². The van der Waals surface area contributed by atoms with E-state index in [-0.39, 0.29) is 17.7 Å². The lowest BCUT2D eigenvalue weighted by atomic mass is 10.1. The Bertz CT molecular complexity index is 363. The molecular formula is C23H46N2O2. The molecule has 27 heavy (non-hydrogen) atoms. The second-order valence-corrected chi connectivity index (χ2v) is 7.82. The van der Waals surface area contributed by atoms with Crippen molar-refractivity contribution >= 4 is 11.8 Å². The van der Waals surface area contributed by atoms with E-state index in [2.05, 4.69) is 26.1 Å². The SMILES string of the molecule is CCCCCCCCCC.CCCCCCN1CC(C(=O)NCC)CC1=O. The Morgan fingerprint density at radius 3 is 1.81 bits per heavy atom. The van der Waals surface area contributed by atoms with Gasteiger partial charge in [-0.2, -0.15) is 0 Å². The maximum Gasteiger partial charge on any atom is 0.225 e. The smallest absolute Gasteiger partial charge is 0.225 e. The molecule has 0 spiro atoms. The van der Waals surface area contributed by atoms with Crippen LogP contribution in [-0.2, 0) is 9.59 Å². The Morgan fingerprint density at radius 2 is 1.33 bits per heavy atom. The van der Waals surface area contributed by atoms with E-state index in [1.807, 2.05) is 11.8 Å². The Kier molecular flexibility index (Phi) is 17.6. The standard InChI is InChI=1S/C13H24N2O2.C10H22/c1-3-5-6-7-8-15-10-11(9-12(15)16)13(17)14-4-2;1-3-5-7-9-10-8-6-4-2/h11H,3-10H2,1-2H3,(H,14,17);3-10H2,1-2H3. The minimum atomic E-state index is -0.131. The van der Waals surface area contributed by atoms with E-state index in [1.54, 1.807) is 0 Å². The second kappa shape index (κ2) is 18.3. The molecule has 1 unspecified atom stereocenters. The minimum Gasteiger partial charge on any atom is -0.356 e. The Labute approximate surface area is 168 Å². The van der Waals surface area contributed by atoms with Crippen LogP contribution in [0.5, 0.6) is 0 Å². The fourth-order valence-corrected chi connectivity index (χ4v) is 3.42. The van der Waals surface area contributed by atoms with Gasteiger partial charge in [0.05, 0.1) is 5.92 Å². The first-order valence-electron chi connectivity index (χ1n) is 11.7. The molecule has 4 heteroatoms. The van der Waals surface area contributed by atoms with Gasteiger partial charge >= 0.3 is 0 Å². The molecule has 1 N–H and O–H groups in total. The average Bonchev–Trinajstić information content (AvgIpc) is 3.03. The molecule has 0 radical (unpaired) electrons. The van der Waals surface area contributed by atoms with Gasteiger partial charge in [0.25, 0.3) is 0 Å². The normalized spacial score (nSPS) is 16.2. The number of carbonyl (C=O) groups is 2. The Morgan fingerprint density at radius 1 is 0.852 bits per heavy atom. The summed E-state index contributed by atoms with van der Waals surface area (Å²) in [4.78, 5) is 25.2. The molecule has 1 rings (SSSR count). The molecule has 0 aromatic rings. The van der Waals surface area contributed by atoms with E-state index in [1.165, 1.54) is 70.6 Å². The topological polar surface area (TPSA) is 49.4 Å². The highest BCUT2D eigenvalue weighted by Crippen LogP contribution is 2.18. The molecule has 1 aliphatic rings. The van der Waals surface area contributed by atoms with Crippen LogP contribution < -0.4 is 5.32 Å². The third-order valence-corrected chi connectivity index (χ3v) is 5.17. The summed E-state index contributed by atoms with van der Waals surface area (Å²) in [5, 5.41) is 2.79. The van der Waals surface area contributed by atoms with Gasteiger partial charge in [0.2, 0.25) is 11.8 Å². The van der Waals surface area contributed by atoms with Crippen molar-refractivity contribution in [3.05, 3.63) is 0 Å². The molecule has 0 saturated carbocycles. The van der Waals surface area contributed by atoms with Crippen LogP contribution in [0, 0.1) is 5.92 Å². The van der Waals surface area contributed by atoms with Gasteiger partial charge in [0.15, 0.2) is 0 Å². The molecule has 1 saturated heterocycles. The van der Waals surface area contributed by atoms with E-state index in [0.29, 0.717) is 19.5 Å². The van der Waals surface area contributed by atoms with Crippen LogP contribution in [0.2, 0.25) is 0 Å². The highest BCUT2D eigenvalue weighted by atomic mass is 16.2. The minimum absolute atomic E-state index is 0.0249. The molecule has 0 aliphatic carbocycles. The fraction of sp³-hybridized carbons (Fsp3) is 0.913. The lowest BCUT2D eigenvalue weighted by molar-refractivity contribution is -0.129. The number of hydrogen-bond acceptors (Lipinski definition) is 2. The number of nitrogens with one attached hydrogen (secondary N) is 1. The summed E-state index contributed by atoms with van der Waals surface area (Å²) in [6.07, 6.45) is 16.5. The van der Waals surface area contributed by atoms with Crippen LogP contribution in [0.3, 0.4) is 0 Å². The molecule has 1 atom stereocenters. The van der Waals surface area contributed by atoms with Crippen molar-refractivity contribution in [1.82, 2.24) is 10.2 Å². The monoisotopic (exact) mass is 382 g/mol. The number of amides is 2. The second-order valence-electron chi connectivity index (χ2n) is 7.82. The first-order valence-corrected chi connectivity index (χ1v) is 11.7. The van der Waals surface area contributed by atoms with Crippen molar-refractivity contribution in [3.63, 3.8) is 0 Å². The largest absolute Gasteiger partial charge is 0.356 e. The molecule has 0 bridgehead atoms. The molecule has 4 nitrogen and oxygen atoms in total. The lowest BCUT2D eigenvalue weighted by Crippen LogP contribution is -2.33. The summed E-state index contributed by atoms with van der Waals surface area (Å²) in [5.74, 6) is 0.0308. The number of carbonyl (C=O) groups excluding carboxylic acids is 2. The van der Waals surface area contributed by atoms with Gasteiger partial charge in [-0.1, -0.05) is 91.4 Å². The van der Waals surface area contributed by atoms with Crippen LogP contribution >= 0.6 is 0 Å². The third kappa shape index (κ3) is 13.7. The van der Waals surface area contributed by atoms with E-state index < -0.39 is 0 Å². The van der Waals surface area contributed by atoms with Crippen molar-refractivity contribution in [2.75, 3.05) is 19.6 Å². The van der Waals surface area contributed by atoms with Crippen molar-refractivity contribution in [2.24, 2.45) is 5.92 Å². The van der Waals surface area contributed by atoms with Gasteiger partial charge in [-0.25, -0.2) is 0 Å². The zero-order valence-corrected chi connectivity index (χ0v) is 18.7. The quantitative estimate of drug-likeness (QED) is 0.392. The number of hydrogen-bond donors (Lipinski definition) is 1. The summed E-state index contributed by atoms with van der Waals surface area (Å²) in [5.41, 5.74) is 0. The molecular weight excluding hydrogens is 336 g/mol. The summed E-state index contributed by atoms with van der Waals surface area (Å²) in [7, 11) is 0. The Balaban J connectivity index is 0.000000580. The predicted molar refractivity (Wildman–Crippen MR) is 116 cm³/mol. The number of unbranched alkanes of at least 4 members (excludes halogenated alkanes) is 10. The molecule has 1 fully saturated rings. The van der Waals surface area contributed by atoms with E-state index in [9.17, 15) is 9.59 Å². The molecule has 0 aromatic carbocycles. The van der Waals surface area contributed by atoms with E-state index in [0.717, 1.165) is 13.0 Å². The van der Waals surface area contributed by atoms with Crippen molar-refractivity contribution in [3.8, 4) is 0 Å². The molecule has 2 amide bonds. The summed E-state index contributed by atoms with van der Waals surface area (Å²) in [6, 6.07) is 0. The van der Waals surface area contributed by atoms with Crippen molar-refractivity contribution in [1.29, 1.82) is 0 Å². The average molecular weight is 383 g/mol. The zero-order valence-electron chi connectivity index (χ0n) is 18.7. The van der Waals surface area contributed by atoms with Gasteiger partial charge in [-0.15, -0.1) is 0 Å². The summed E-state index contributed by atoms with van der Waals surface area (Å²) >= 11 is 0. The molecule has 1 aliphatic heterocycles. The molecule has 1 heterocycles. The summed E-state index contributed by atoms with van der Waals surface area (Å²) in [6.45, 7) is 10.7. The number of rotatable bonds is 14. The van der Waals surface area contributed by atoms with Gasteiger partial charge in [-0.05, 0) is 13.3 Å². The predicted octanol–water partition coefficient (Wildman–Crippen LogP) is 5.70. The van der Waals surface area contributed by atoms with Crippen LogP contribution in [0.1, 0.15) is 111 Å². The van der Waals surface area contributed by atoms with Crippen LogP contribution in [0.15, 0.2) is 0 Å². The van der Waals surface area contributed by atoms with Crippen molar-refractivity contribution < 1.29 is 9.59 Å². The highest BCUT2D eigenvalue weighted by molar-refractivity contribution is 5.89. The van der Waals surface area contributed by atoms with Crippen LogP contribution in [-0.4, -0.2) is 36.3 Å². The maximum absolute atomic E-state index is 11.7. The van der Waals surface area contributed by atoms with Crippen molar-refractivity contribution in [2.45, 2.75) is 111 Å².